The quantitative estimate of drug-likeness (QED) is 0.604. The maximum atomic E-state index is 11.5. The van der Waals surface area contributed by atoms with Gasteiger partial charge in [-0.3, -0.25) is 4.79 Å². The van der Waals surface area contributed by atoms with Crippen LogP contribution in [0, 0.1) is 5.92 Å². The van der Waals surface area contributed by atoms with E-state index in [1.165, 1.54) is 0 Å². The maximum Gasteiger partial charge on any atom is 0.220 e. The summed E-state index contributed by atoms with van der Waals surface area (Å²) in [7, 11) is 1.69. The highest BCUT2D eigenvalue weighted by Crippen LogP contribution is 2.23. The van der Waals surface area contributed by atoms with Crippen molar-refractivity contribution in [2.24, 2.45) is 10.9 Å². The monoisotopic (exact) mass is 384 g/mol. The molecule has 1 heterocycles. The van der Waals surface area contributed by atoms with Crippen LogP contribution in [0.2, 0.25) is 10.0 Å². The molecule has 1 fully saturated rings. The Morgan fingerprint density at radius 1 is 1.32 bits per heavy atom. The van der Waals surface area contributed by atoms with Gasteiger partial charge in [0.15, 0.2) is 5.96 Å². The lowest BCUT2D eigenvalue weighted by Gasteiger charge is -2.34. The van der Waals surface area contributed by atoms with Crippen molar-refractivity contribution in [1.82, 2.24) is 15.5 Å². The van der Waals surface area contributed by atoms with Crippen LogP contribution in [0.4, 0.5) is 0 Å². The minimum atomic E-state index is 0.122. The van der Waals surface area contributed by atoms with Crippen molar-refractivity contribution in [2.45, 2.75) is 32.7 Å². The Balaban J connectivity index is 1.97. The topological polar surface area (TPSA) is 56.7 Å². The highest BCUT2D eigenvalue weighted by molar-refractivity contribution is 6.35. The zero-order valence-electron chi connectivity index (χ0n) is 14.8. The smallest absolute Gasteiger partial charge is 0.220 e. The van der Waals surface area contributed by atoms with E-state index in [0.717, 1.165) is 44.0 Å². The van der Waals surface area contributed by atoms with E-state index in [4.69, 9.17) is 28.2 Å². The first-order valence-electron chi connectivity index (χ1n) is 8.71. The second-order valence-corrected chi connectivity index (χ2v) is 7.06. The van der Waals surface area contributed by atoms with Crippen molar-refractivity contribution in [1.29, 1.82) is 0 Å². The van der Waals surface area contributed by atoms with Gasteiger partial charge < -0.3 is 15.5 Å². The molecular weight excluding hydrogens is 359 g/mol. The first-order valence-corrected chi connectivity index (χ1v) is 9.46. The van der Waals surface area contributed by atoms with E-state index in [1.807, 2.05) is 12.1 Å². The number of rotatable bonds is 5. The Labute approximate surface area is 159 Å². The molecule has 0 saturated carbocycles. The molecule has 5 nitrogen and oxygen atoms in total. The van der Waals surface area contributed by atoms with Gasteiger partial charge in [0.1, 0.15) is 0 Å². The highest BCUT2D eigenvalue weighted by Gasteiger charge is 2.23. The zero-order valence-corrected chi connectivity index (χ0v) is 16.3. The van der Waals surface area contributed by atoms with Gasteiger partial charge in [-0.15, -0.1) is 0 Å². The summed E-state index contributed by atoms with van der Waals surface area (Å²) in [5, 5.41) is 7.31. The molecule has 138 valence electrons. The first kappa shape index (κ1) is 19.9. The van der Waals surface area contributed by atoms with E-state index in [-0.39, 0.29) is 5.91 Å². The summed E-state index contributed by atoms with van der Waals surface area (Å²) >= 11 is 12.2. The van der Waals surface area contributed by atoms with Crippen molar-refractivity contribution in [3.8, 4) is 0 Å². The van der Waals surface area contributed by atoms with Crippen LogP contribution >= 0.6 is 23.2 Å². The van der Waals surface area contributed by atoms with Crippen molar-refractivity contribution < 1.29 is 4.79 Å². The van der Waals surface area contributed by atoms with E-state index in [2.05, 4.69) is 22.5 Å². The molecule has 1 saturated heterocycles. The average Bonchev–Trinajstić information content (AvgIpc) is 2.60. The number of carbonyl (C=O) groups excluding carboxylic acids is 1. The van der Waals surface area contributed by atoms with E-state index < -0.39 is 0 Å². The average molecular weight is 385 g/mol. The zero-order chi connectivity index (χ0) is 18.2. The van der Waals surface area contributed by atoms with E-state index in [0.29, 0.717) is 28.9 Å². The highest BCUT2D eigenvalue weighted by atomic mass is 35.5. The molecule has 0 aromatic heterocycles. The number of nitrogens with zero attached hydrogens (tertiary/aromatic N) is 2. The second kappa shape index (κ2) is 9.88. The Morgan fingerprint density at radius 2 is 2.04 bits per heavy atom. The van der Waals surface area contributed by atoms with Crippen LogP contribution in [0.15, 0.2) is 23.2 Å². The first-order chi connectivity index (χ1) is 12.0. The summed E-state index contributed by atoms with van der Waals surface area (Å²) in [6.45, 7) is 5.19. The van der Waals surface area contributed by atoms with Gasteiger partial charge in [-0.2, -0.15) is 0 Å². The van der Waals surface area contributed by atoms with Gasteiger partial charge in [-0.25, -0.2) is 4.99 Å². The molecule has 0 unspecified atom stereocenters. The van der Waals surface area contributed by atoms with Crippen LogP contribution in [-0.4, -0.2) is 43.4 Å². The van der Waals surface area contributed by atoms with Crippen LogP contribution in [0.1, 0.15) is 31.7 Å². The Hall–Kier alpha value is -1.46. The molecule has 1 aromatic carbocycles. The standard InChI is InChI=1S/C18H26Cl2N4O/c1-3-22-18(23-12-14-4-5-15(19)11-16(14)20)24-8-6-13(7-9-24)10-17(25)21-2/h4-5,11,13H,3,6-10,12H2,1-2H3,(H,21,25)(H,22,23). The predicted octanol–water partition coefficient (Wildman–Crippen LogP) is 3.31. The van der Waals surface area contributed by atoms with Crippen LogP contribution < -0.4 is 10.6 Å². The summed E-state index contributed by atoms with van der Waals surface area (Å²) in [5.41, 5.74) is 0.955. The van der Waals surface area contributed by atoms with Crippen molar-refractivity contribution in [2.75, 3.05) is 26.7 Å². The molecule has 1 aliphatic heterocycles. The molecule has 1 amide bonds. The molecule has 0 spiro atoms. The number of amides is 1. The number of hydrogen-bond donors (Lipinski definition) is 2. The predicted molar refractivity (Wildman–Crippen MR) is 104 cm³/mol. The number of halogens is 2. The summed E-state index contributed by atoms with van der Waals surface area (Å²) in [6.07, 6.45) is 2.61. The van der Waals surface area contributed by atoms with Gasteiger partial charge in [0, 0.05) is 43.1 Å². The van der Waals surface area contributed by atoms with Crippen LogP contribution in [-0.2, 0) is 11.3 Å². The lowest BCUT2D eigenvalue weighted by Crippen LogP contribution is -2.46. The molecule has 0 radical (unpaired) electrons. The fourth-order valence-corrected chi connectivity index (χ4v) is 3.42. The van der Waals surface area contributed by atoms with Gasteiger partial charge in [0.2, 0.25) is 5.91 Å². The Morgan fingerprint density at radius 3 is 2.64 bits per heavy atom. The number of likely N-dealkylation sites (tertiary alicyclic amines) is 1. The fraction of sp³-hybridized carbons (Fsp3) is 0.556. The third kappa shape index (κ3) is 6.08. The van der Waals surface area contributed by atoms with Crippen molar-refractivity contribution >= 4 is 35.1 Å². The minimum absolute atomic E-state index is 0.122. The number of hydrogen-bond acceptors (Lipinski definition) is 2. The van der Waals surface area contributed by atoms with Crippen LogP contribution in [0.5, 0.6) is 0 Å². The van der Waals surface area contributed by atoms with Gasteiger partial charge >= 0.3 is 0 Å². The number of benzene rings is 1. The van der Waals surface area contributed by atoms with Crippen molar-refractivity contribution in [3.05, 3.63) is 33.8 Å². The Kier molecular flexibility index (Phi) is 7.85. The lowest BCUT2D eigenvalue weighted by atomic mass is 9.93. The Bertz CT molecular complexity index is 613. The SMILES string of the molecule is CCNC(=NCc1ccc(Cl)cc1Cl)N1CCC(CC(=O)NC)CC1. The van der Waals surface area contributed by atoms with Gasteiger partial charge in [-0.1, -0.05) is 29.3 Å². The van der Waals surface area contributed by atoms with Gasteiger partial charge in [-0.05, 0) is 43.4 Å². The molecular formula is C18H26Cl2N4O. The third-order valence-corrected chi connectivity index (χ3v) is 5.00. The maximum absolute atomic E-state index is 11.5. The van der Waals surface area contributed by atoms with Gasteiger partial charge in [0.05, 0.1) is 6.54 Å². The molecule has 1 aliphatic rings. The molecule has 0 bridgehead atoms. The number of guanidine groups is 1. The number of carbonyl (C=O) groups is 1. The molecule has 2 rings (SSSR count). The lowest BCUT2D eigenvalue weighted by molar-refractivity contribution is -0.121. The molecule has 2 N–H and O–H groups in total. The number of piperidine rings is 1. The summed E-state index contributed by atoms with van der Waals surface area (Å²) in [6, 6.07) is 5.48. The normalized spacial score (nSPS) is 16.0. The molecule has 25 heavy (non-hydrogen) atoms. The minimum Gasteiger partial charge on any atom is -0.359 e. The summed E-state index contributed by atoms with van der Waals surface area (Å²) < 4.78 is 0. The summed E-state index contributed by atoms with van der Waals surface area (Å²) in [4.78, 5) is 18.5. The third-order valence-electron chi connectivity index (χ3n) is 4.42. The van der Waals surface area contributed by atoms with Crippen LogP contribution in [0.25, 0.3) is 0 Å². The molecule has 0 atom stereocenters. The van der Waals surface area contributed by atoms with Crippen molar-refractivity contribution in [3.63, 3.8) is 0 Å². The molecule has 7 heteroatoms. The fourth-order valence-electron chi connectivity index (χ4n) is 2.95. The second-order valence-electron chi connectivity index (χ2n) is 6.21. The largest absolute Gasteiger partial charge is 0.359 e. The van der Waals surface area contributed by atoms with Crippen LogP contribution in [0.3, 0.4) is 0 Å². The van der Waals surface area contributed by atoms with E-state index in [1.54, 1.807) is 13.1 Å². The number of aliphatic imine (C=N–C) groups is 1. The molecule has 0 aliphatic carbocycles. The molecule has 1 aromatic rings. The number of nitrogens with one attached hydrogen (secondary N) is 2. The van der Waals surface area contributed by atoms with Gasteiger partial charge in [0.25, 0.3) is 0 Å². The van der Waals surface area contributed by atoms with E-state index >= 15 is 0 Å². The van der Waals surface area contributed by atoms with E-state index in [9.17, 15) is 4.79 Å². The summed E-state index contributed by atoms with van der Waals surface area (Å²) in [5.74, 6) is 1.47.